The lowest BCUT2D eigenvalue weighted by Gasteiger charge is -2.19. The van der Waals surface area contributed by atoms with Gasteiger partial charge in [0, 0.05) is 28.2 Å². The Labute approximate surface area is 131 Å². The summed E-state index contributed by atoms with van der Waals surface area (Å²) >= 11 is 0. The van der Waals surface area contributed by atoms with E-state index in [1.54, 1.807) is 27.1 Å². The van der Waals surface area contributed by atoms with Crippen molar-refractivity contribution in [1.82, 2.24) is 4.90 Å². The Morgan fingerprint density at radius 3 is 1.86 bits per heavy atom. The third kappa shape index (κ3) is 2.74. The maximum atomic E-state index is 12.7. The van der Waals surface area contributed by atoms with E-state index in [9.17, 15) is 9.59 Å². The van der Waals surface area contributed by atoms with Crippen molar-refractivity contribution in [1.29, 1.82) is 0 Å². The van der Waals surface area contributed by atoms with Crippen LogP contribution in [0.25, 0.3) is 0 Å². The number of hydrogen-bond donors (Lipinski definition) is 0. The predicted molar refractivity (Wildman–Crippen MR) is 88.8 cm³/mol. The molecule has 0 atom stereocenters. The van der Waals surface area contributed by atoms with Gasteiger partial charge in [-0.25, -0.2) is 0 Å². The van der Waals surface area contributed by atoms with Gasteiger partial charge in [0.05, 0.1) is 11.4 Å². The molecule has 1 heterocycles. The maximum Gasteiger partial charge on any atom is 0.263 e. The van der Waals surface area contributed by atoms with Crippen LogP contribution >= 0.6 is 0 Å². The Kier molecular flexibility index (Phi) is 4.35. The molecule has 2 rings (SSSR count). The van der Waals surface area contributed by atoms with Gasteiger partial charge in [-0.05, 0) is 36.9 Å². The van der Waals surface area contributed by atoms with Crippen molar-refractivity contribution in [2.24, 2.45) is 0 Å². The molecule has 0 aromatic heterocycles. The summed E-state index contributed by atoms with van der Waals surface area (Å²) in [5, 5.41) is 0. The summed E-state index contributed by atoms with van der Waals surface area (Å²) in [6.07, 6.45) is 3.60. The molecule has 116 valence electrons. The number of carbonyl (C=O) groups excluding carboxylic acids is 2. The third-order valence-electron chi connectivity index (χ3n) is 3.66. The van der Waals surface area contributed by atoms with Crippen molar-refractivity contribution >= 4 is 23.2 Å². The molecule has 5 nitrogen and oxygen atoms in total. The molecule has 0 bridgehead atoms. The SMILES string of the molecule is CC(C=CN(C)C)=C1C(=O)N(C)c2ccccc2N(C)C1=O. The zero-order valence-corrected chi connectivity index (χ0v) is 13.6. The fourth-order valence-corrected chi connectivity index (χ4v) is 2.36. The monoisotopic (exact) mass is 299 g/mol. The molecule has 0 N–H and O–H groups in total. The highest BCUT2D eigenvalue weighted by molar-refractivity contribution is 6.30. The summed E-state index contributed by atoms with van der Waals surface area (Å²) in [7, 11) is 7.16. The van der Waals surface area contributed by atoms with E-state index < -0.39 is 0 Å². The summed E-state index contributed by atoms with van der Waals surface area (Å²) in [6, 6.07) is 7.39. The number of carbonyl (C=O) groups is 2. The Morgan fingerprint density at radius 1 is 1.00 bits per heavy atom. The lowest BCUT2D eigenvalue weighted by Crippen LogP contribution is -2.33. The average molecular weight is 299 g/mol. The molecule has 1 aromatic rings. The van der Waals surface area contributed by atoms with Gasteiger partial charge in [-0.2, -0.15) is 0 Å². The second-order valence-electron chi connectivity index (χ2n) is 5.55. The van der Waals surface area contributed by atoms with E-state index in [2.05, 4.69) is 0 Å². The zero-order valence-electron chi connectivity index (χ0n) is 13.6. The number of nitrogens with zero attached hydrogens (tertiary/aromatic N) is 3. The lowest BCUT2D eigenvalue weighted by atomic mass is 10.1. The van der Waals surface area contributed by atoms with Crippen molar-refractivity contribution in [3.8, 4) is 0 Å². The minimum Gasteiger partial charge on any atom is -0.383 e. The fourth-order valence-electron chi connectivity index (χ4n) is 2.36. The molecule has 0 fully saturated rings. The van der Waals surface area contributed by atoms with Crippen molar-refractivity contribution in [3.05, 3.63) is 47.7 Å². The predicted octanol–water partition coefficient (Wildman–Crippen LogP) is 2.02. The molecule has 0 spiro atoms. The minimum absolute atomic E-state index is 0.194. The topological polar surface area (TPSA) is 43.9 Å². The first-order valence-corrected chi connectivity index (χ1v) is 7.05. The summed E-state index contributed by atoms with van der Waals surface area (Å²) in [4.78, 5) is 30.4. The van der Waals surface area contributed by atoms with Crippen LogP contribution in [-0.2, 0) is 9.59 Å². The van der Waals surface area contributed by atoms with Crippen molar-refractivity contribution in [2.45, 2.75) is 6.92 Å². The molecular weight excluding hydrogens is 278 g/mol. The van der Waals surface area contributed by atoms with Crippen molar-refractivity contribution < 1.29 is 9.59 Å². The van der Waals surface area contributed by atoms with Gasteiger partial charge in [0.15, 0.2) is 0 Å². The second-order valence-corrected chi connectivity index (χ2v) is 5.55. The summed E-state index contributed by atoms with van der Waals surface area (Å²) < 4.78 is 0. The maximum absolute atomic E-state index is 12.7. The zero-order chi connectivity index (χ0) is 16.4. The highest BCUT2D eigenvalue weighted by Gasteiger charge is 2.33. The highest BCUT2D eigenvalue weighted by Crippen LogP contribution is 2.33. The first-order valence-electron chi connectivity index (χ1n) is 7.05. The largest absolute Gasteiger partial charge is 0.383 e. The van der Waals surface area contributed by atoms with E-state index in [1.165, 1.54) is 9.80 Å². The molecular formula is C17H21N3O2. The second kappa shape index (κ2) is 6.05. The van der Waals surface area contributed by atoms with E-state index in [4.69, 9.17) is 0 Å². The number of anilines is 2. The Morgan fingerprint density at radius 2 is 1.45 bits per heavy atom. The number of allylic oxidation sites excluding steroid dienone is 2. The van der Waals surface area contributed by atoms with Crippen LogP contribution in [0.15, 0.2) is 47.7 Å². The van der Waals surface area contributed by atoms with Gasteiger partial charge in [-0.1, -0.05) is 12.1 Å². The number of hydrogen-bond acceptors (Lipinski definition) is 3. The van der Waals surface area contributed by atoms with Crippen LogP contribution < -0.4 is 9.80 Å². The molecule has 0 aliphatic carbocycles. The number of para-hydroxylation sites is 2. The molecule has 2 amide bonds. The molecule has 1 aliphatic rings. The number of fused-ring (bicyclic) bond motifs is 1. The molecule has 5 heteroatoms. The number of likely N-dealkylation sites (N-methyl/N-ethyl adjacent to an activating group) is 2. The smallest absolute Gasteiger partial charge is 0.263 e. The molecule has 22 heavy (non-hydrogen) atoms. The normalized spacial score (nSPS) is 15.2. The van der Waals surface area contributed by atoms with E-state index >= 15 is 0 Å². The van der Waals surface area contributed by atoms with Gasteiger partial charge in [-0.15, -0.1) is 0 Å². The van der Waals surface area contributed by atoms with Gasteiger partial charge in [0.2, 0.25) is 0 Å². The Balaban J connectivity index is 2.59. The molecule has 1 aromatic carbocycles. The van der Waals surface area contributed by atoms with E-state index in [-0.39, 0.29) is 17.4 Å². The highest BCUT2D eigenvalue weighted by atomic mass is 16.2. The fraction of sp³-hybridized carbons (Fsp3) is 0.294. The van der Waals surface area contributed by atoms with Crippen molar-refractivity contribution in [3.63, 3.8) is 0 Å². The Bertz CT molecular complexity index is 631. The first kappa shape index (κ1) is 15.8. The van der Waals surface area contributed by atoms with Crippen LogP contribution in [0.2, 0.25) is 0 Å². The van der Waals surface area contributed by atoms with Crippen LogP contribution in [0.5, 0.6) is 0 Å². The number of benzene rings is 1. The van der Waals surface area contributed by atoms with Crippen molar-refractivity contribution in [2.75, 3.05) is 38.0 Å². The molecule has 1 aliphatic heterocycles. The van der Waals surface area contributed by atoms with E-state index in [0.717, 1.165) is 11.4 Å². The van der Waals surface area contributed by atoms with E-state index in [1.807, 2.05) is 49.5 Å². The third-order valence-corrected chi connectivity index (χ3v) is 3.66. The number of amides is 2. The standard InChI is InChI=1S/C17H21N3O2/c1-12(10-11-18(2)3)15-16(21)19(4)13-8-6-7-9-14(13)20(5)17(15)22/h6-11H,1-5H3. The van der Waals surface area contributed by atoms with Gasteiger partial charge in [0.25, 0.3) is 11.8 Å². The molecule has 0 saturated carbocycles. The minimum atomic E-state index is -0.289. The van der Waals surface area contributed by atoms with Gasteiger partial charge < -0.3 is 14.7 Å². The van der Waals surface area contributed by atoms with E-state index in [0.29, 0.717) is 5.57 Å². The average Bonchev–Trinajstić information content (AvgIpc) is 2.56. The van der Waals surface area contributed by atoms with Gasteiger partial charge in [-0.3, -0.25) is 9.59 Å². The van der Waals surface area contributed by atoms with Crippen LogP contribution in [0.4, 0.5) is 11.4 Å². The van der Waals surface area contributed by atoms with Crippen LogP contribution in [0.3, 0.4) is 0 Å². The molecule has 0 radical (unpaired) electrons. The van der Waals surface area contributed by atoms with Gasteiger partial charge in [0.1, 0.15) is 5.57 Å². The number of rotatable bonds is 2. The van der Waals surface area contributed by atoms with Crippen LogP contribution in [0, 0.1) is 0 Å². The van der Waals surface area contributed by atoms with Gasteiger partial charge >= 0.3 is 0 Å². The Hall–Kier alpha value is -2.56. The molecule has 0 saturated heterocycles. The quantitative estimate of drug-likeness (QED) is 0.620. The molecule has 0 unspecified atom stereocenters. The first-order chi connectivity index (χ1) is 10.3. The van der Waals surface area contributed by atoms with Crippen LogP contribution in [0.1, 0.15) is 6.92 Å². The summed E-state index contributed by atoms with van der Waals surface area (Å²) in [5.74, 6) is -0.578. The lowest BCUT2D eigenvalue weighted by molar-refractivity contribution is -0.120. The van der Waals surface area contributed by atoms with Crippen LogP contribution in [-0.4, -0.2) is 44.9 Å². The summed E-state index contributed by atoms with van der Waals surface area (Å²) in [5.41, 5.74) is 2.29. The summed E-state index contributed by atoms with van der Waals surface area (Å²) in [6.45, 7) is 1.78.